The number of alkyl halides is 2. The summed E-state index contributed by atoms with van der Waals surface area (Å²) in [7, 11) is 0. The van der Waals surface area contributed by atoms with Gasteiger partial charge in [0.05, 0.1) is 17.0 Å². The second-order valence-electron chi connectivity index (χ2n) is 7.97. The second kappa shape index (κ2) is 10.1. The molecular weight excluding hydrogens is 477 g/mol. The van der Waals surface area contributed by atoms with Gasteiger partial charge in [0.15, 0.2) is 11.6 Å². The van der Waals surface area contributed by atoms with E-state index in [4.69, 9.17) is 4.74 Å². The van der Waals surface area contributed by atoms with E-state index in [0.29, 0.717) is 0 Å². The average Bonchev–Trinajstić information content (AvgIpc) is 2.83. The van der Waals surface area contributed by atoms with Crippen LogP contribution in [0.1, 0.15) is 41.9 Å². The summed E-state index contributed by atoms with van der Waals surface area (Å²) in [4.78, 5) is 36.6. The number of halogens is 3. The van der Waals surface area contributed by atoms with Gasteiger partial charge in [0.25, 0.3) is 12.0 Å². The fourth-order valence-electron chi connectivity index (χ4n) is 3.82. The number of benzene rings is 2. The van der Waals surface area contributed by atoms with E-state index in [0.717, 1.165) is 16.5 Å². The second-order valence-corrected chi connectivity index (χ2v) is 7.97. The van der Waals surface area contributed by atoms with Gasteiger partial charge in [0, 0.05) is 11.6 Å². The number of aromatic amines is 1. The molecule has 0 aliphatic rings. The minimum Gasteiger partial charge on any atom is -0.483 e. The van der Waals surface area contributed by atoms with Crippen LogP contribution in [0.3, 0.4) is 0 Å². The maximum absolute atomic E-state index is 14.9. The Morgan fingerprint density at radius 1 is 1.11 bits per heavy atom. The number of hydrogen-bond acceptors (Lipinski definition) is 5. The monoisotopic (exact) mass is 498 g/mol. The van der Waals surface area contributed by atoms with Crippen molar-refractivity contribution in [3.8, 4) is 5.75 Å². The fourth-order valence-corrected chi connectivity index (χ4v) is 3.82. The molecule has 0 aliphatic carbocycles. The Kier molecular flexibility index (Phi) is 6.91. The van der Waals surface area contributed by atoms with Crippen molar-refractivity contribution in [2.45, 2.75) is 32.9 Å². The van der Waals surface area contributed by atoms with Crippen LogP contribution in [0.25, 0.3) is 11.0 Å². The molecule has 2 aromatic carbocycles. The molecule has 0 aliphatic heterocycles. The Bertz CT molecular complexity index is 1480. The number of aryl methyl sites for hydroxylation is 1. The molecule has 2 aromatic heterocycles. The van der Waals surface area contributed by atoms with Crippen molar-refractivity contribution in [2.24, 2.45) is 0 Å². The number of nitrogens with zero attached hydrogens (tertiary/aromatic N) is 3. The molecular formula is C25H21F3N4O4. The lowest BCUT2D eigenvalue weighted by Crippen LogP contribution is -2.34. The van der Waals surface area contributed by atoms with E-state index in [-0.39, 0.29) is 40.6 Å². The van der Waals surface area contributed by atoms with Crippen LogP contribution in [0.15, 0.2) is 59.4 Å². The predicted octanol–water partition coefficient (Wildman–Crippen LogP) is 5.53. The molecule has 4 aromatic rings. The zero-order valence-corrected chi connectivity index (χ0v) is 19.2. The summed E-state index contributed by atoms with van der Waals surface area (Å²) in [5, 5.41) is 10.2. The van der Waals surface area contributed by atoms with Gasteiger partial charge in [-0.05, 0) is 19.4 Å². The van der Waals surface area contributed by atoms with Crippen LogP contribution in [0.4, 0.5) is 23.8 Å². The zero-order chi connectivity index (χ0) is 26.0. The third-order valence-electron chi connectivity index (χ3n) is 5.57. The molecule has 11 heteroatoms. The third kappa shape index (κ3) is 4.85. The minimum absolute atomic E-state index is 0.0369. The van der Waals surface area contributed by atoms with Gasteiger partial charge in [-0.1, -0.05) is 48.5 Å². The van der Waals surface area contributed by atoms with E-state index in [1.165, 1.54) is 32.0 Å². The molecule has 1 atom stereocenters. The van der Waals surface area contributed by atoms with Gasteiger partial charge in [0.1, 0.15) is 23.9 Å². The van der Waals surface area contributed by atoms with Gasteiger partial charge in [0.2, 0.25) is 0 Å². The highest BCUT2D eigenvalue weighted by Gasteiger charge is 2.30. The number of fused-ring (bicyclic) bond motifs is 1. The Labute approximate surface area is 203 Å². The molecule has 0 saturated carbocycles. The Morgan fingerprint density at radius 3 is 2.47 bits per heavy atom. The van der Waals surface area contributed by atoms with Crippen molar-refractivity contribution in [1.29, 1.82) is 0 Å². The molecule has 0 radical (unpaired) electrons. The highest BCUT2D eigenvalue weighted by atomic mass is 19.3. The lowest BCUT2D eigenvalue weighted by molar-refractivity contribution is 0.146. The molecule has 0 bridgehead atoms. The van der Waals surface area contributed by atoms with Crippen LogP contribution in [0, 0.1) is 12.7 Å². The number of nitrogens with one attached hydrogen (secondary N) is 1. The number of carbonyl (C=O) groups is 1. The van der Waals surface area contributed by atoms with Crippen molar-refractivity contribution >= 4 is 22.9 Å². The van der Waals surface area contributed by atoms with E-state index in [1.807, 2.05) is 30.3 Å². The molecule has 0 spiro atoms. The van der Waals surface area contributed by atoms with Gasteiger partial charge in [-0.2, -0.15) is 0 Å². The minimum atomic E-state index is -3.08. The molecule has 4 rings (SSSR count). The molecule has 8 nitrogen and oxygen atoms in total. The largest absolute Gasteiger partial charge is 0.483 e. The van der Waals surface area contributed by atoms with Crippen molar-refractivity contribution in [2.75, 3.05) is 4.90 Å². The number of pyridine rings is 1. The number of aromatic nitrogens is 3. The van der Waals surface area contributed by atoms with E-state index < -0.39 is 35.5 Å². The van der Waals surface area contributed by atoms with E-state index in [9.17, 15) is 27.9 Å². The standard InChI is InChI=1S/C25H21F3N4O4/c1-13(16-9-6-10-17(20(16)26)21(27)28)32(25(34)35)23-18-11-19(36-12-15-7-4-3-5-8-15)24(33)31-22(18)29-14(2)30-23/h3-11,13,21H,12H2,1-2H3,(H,34,35)(H,29,30,31,33)/t13-/m1/s1. The fraction of sp³-hybridized carbons (Fsp3) is 0.200. The Balaban J connectivity index is 1.82. The van der Waals surface area contributed by atoms with Gasteiger partial charge in [-0.15, -0.1) is 0 Å². The summed E-state index contributed by atoms with van der Waals surface area (Å²) in [6, 6.07) is 12.5. The normalized spacial score (nSPS) is 12.1. The van der Waals surface area contributed by atoms with Crippen molar-refractivity contribution in [3.63, 3.8) is 0 Å². The molecule has 0 saturated heterocycles. The maximum atomic E-state index is 14.9. The highest BCUT2D eigenvalue weighted by molar-refractivity contribution is 5.97. The maximum Gasteiger partial charge on any atom is 0.413 e. The molecule has 36 heavy (non-hydrogen) atoms. The summed E-state index contributed by atoms with van der Waals surface area (Å²) in [5.41, 5.74) is -0.852. The molecule has 2 N–H and O–H groups in total. The first-order valence-corrected chi connectivity index (χ1v) is 10.8. The highest BCUT2D eigenvalue weighted by Crippen LogP contribution is 2.34. The predicted molar refractivity (Wildman–Crippen MR) is 126 cm³/mol. The molecule has 0 unspecified atom stereocenters. The SMILES string of the molecule is Cc1nc(N(C(=O)O)[C@H](C)c2cccc(C(F)F)c2F)c2cc(OCc3ccccc3)c(=O)[nH]c2n1. The van der Waals surface area contributed by atoms with Crippen LogP contribution in [-0.2, 0) is 6.61 Å². The lowest BCUT2D eigenvalue weighted by Gasteiger charge is -2.27. The summed E-state index contributed by atoms with van der Waals surface area (Å²) in [5.74, 6) is -1.35. The van der Waals surface area contributed by atoms with Crippen LogP contribution in [0.5, 0.6) is 5.75 Å². The first-order chi connectivity index (χ1) is 17.2. The number of ether oxygens (including phenoxy) is 1. The summed E-state index contributed by atoms with van der Waals surface area (Å²) >= 11 is 0. The summed E-state index contributed by atoms with van der Waals surface area (Å²) < 4.78 is 47.0. The van der Waals surface area contributed by atoms with E-state index >= 15 is 0 Å². The summed E-state index contributed by atoms with van der Waals surface area (Å²) in [6.45, 7) is 2.91. The van der Waals surface area contributed by atoms with Crippen molar-refractivity contribution in [3.05, 3.63) is 93.3 Å². The summed E-state index contributed by atoms with van der Waals surface area (Å²) in [6.07, 6.45) is -4.59. The number of H-pyrrole nitrogens is 1. The van der Waals surface area contributed by atoms with Crippen LogP contribution >= 0.6 is 0 Å². The van der Waals surface area contributed by atoms with Crippen molar-refractivity contribution in [1.82, 2.24) is 15.0 Å². The number of rotatable bonds is 7. The Hall–Kier alpha value is -4.41. The van der Waals surface area contributed by atoms with Gasteiger partial charge < -0.3 is 14.8 Å². The first-order valence-electron chi connectivity index (χ1n) is 10.8. The van der Waals surface area contributed by atoms with Gasteiger partial charge in [-0.3, -0.25) is 9.69 Å². The van der Waals surface area contributed by atoms with Gasteiger partial charge >= 0.3 is 6.09 Å². The van der Waals surface area contributed by atoms with E-state index in [2.05, 4.69) is 15.0 Å². The van der Waals surface area contributed by atoms with Crippen molar-refractivity contribution < 1.29 is 27.8 Å². The smallest absolute Gasteiger partial charge is 0.413 e. The number of anilines is 1. The first kappa shape index (κ1) is 24.7. The number of hydrogen-bond donors (Lipinski definition) is 2. The lowest BCUT2D eigenvalue weighted by atomic mass is 10.0. The molecule has 1 amide bonds. The Morgan fingerprint density at radius 2 is 1.81 bits per heavy atom. The van der Waals surface area contributed by atoms with Gasteiger partial charge in [-0.25, -0.2) is 27.9 Å². The molecule has 2 heterocycles. The quantitative estimate of drug-likeness (QED) is 0.347. The third-order valence-corrected chi connectivity index (χ3v) is 5.57. The average molecular weight is 498 g/mol. The topological polar surface area (TPSA) is 108 Å². The van der Waals surface area contributed by atoms with E-state index in [1.54, 1.807) is 0 Å². The number of amides is 1. The van der Waals surface area contributed by atoms with Crippen LogP contribution < -0.4 is 15.2 Å². The van der Waals surface area contributed by atoms with Crippen LogP contribution in [-0.4, -0.2) is 26.2 Å². The zero-order valence-electron chi connectivity index (χ0n) is 19.2. The number of carboxylic acid groups (broad SMARTS) is 1. The molecule has 186 valence electrons. The van der Waals surface area contributed by atoms with Crippen LogP contribution in [0.2, 0.25) is 0 Å². The molecule has 0 fully saturated rings.